The van der Waals surface area contributed by atoms with Crippen LogP contribution >= 0.6 is 11.3 Å². The number of aromatic nitrogens is 1. The Morgan fingerprint density at radius 3 is 2.76 bits per heavy atom. The fraction of sp³-hybridized carbons (Fsp3) is 0.667. The number of nitrogens with one attached hydrogen (secondary N) is 2. The van der Waals surface area contributed by atoms with Gasteiger partial charge in [0.05, 0.1) is 5.51 Å². The third-order valence-corrected chi connectivity index (χ3v) is 3.15. The molecule has 4 nitrogen and oxygen atoms in total. The first-order valence-corrected chi connectivity index (χ1v) is 6.69. The minimum atomic E-state index is -0.152. The summed E-state index contributed by atoms with van der Waals surface area (Å²) in [5.74, 6) is 0.0847. The van der Waals surface area contributed by atoms with Gasteiger partial charge in [0.15, 0.2) is 0 Å². The fourth-order valence-electron chi connectivity index (χ4n) is 1.42. The number of carbonyl (C=O) groups excluding carboxylic acids is 1. The maximum Gasteiger partial charge on any atom is 0.221 e. The first kappa shape index (κ1) is 14.1. The molecule has 0 radical (unpaired) electrons. The summed E-state index contributed by atoms with van der Waals surface area (Å²) in [5, 5.41) is 6.25. The zero-order valence-corrected chi connectivity index (χ0v) is 11.7. The van der Waals surface area contributed by atoms with Crippen LogP contribution in [0.15, 0.2) is 11.7 Å². The molecule has 1 atom stereocenters. The molecule has 1 aromatic rings. The number of nitrogens with zero attached hydrogens (tertiary/aromatic N) is 1. The lowest BCUT2D eigenvalue weighted by atomic mass is 10.1. The van der Waals surface area contributed by atoms with E-state index in [0.717, 1.165) is 0 Å². The molecule has 96 valence electrons. The Hall–Kier alpha value is -0.940. The van der Waals surface area contributed by atoms with E-state index in [1.165, 1.54) is 4.88 Å². The van der Waals surface area contributed by atoms with Gasteiger partial charge in [-0.15, -0.1) is 11.3 Å². The lowest BCUT2D eigenvalue weighted by Crippen LogP contribution is -2.41. The summed E-state index contributed by atoms with van der Waals surface area (Å²) >= 11 is 1.63. The molecule has 1 heterocycles. The minimum absolute atomic E-state index is 0.0847. The van der Waals surface area contributed by atoms with Crippen molar-refractivity contribution in [2.45, 2.75) is 45.7 Å². The van der Waals surface area contributed by atoms with Crippen LogP contribution in [0.25, 0.3) is 0 Å². The molecule has 5 heteroatoms. The average molecular weight is 255 g/mol. The van der Waals surface area contributed by atoms with Crippen LogP contribution < -0.4 is 10.6 Å². The highest BCUT2D eigenvalue weighted by molar-refractivity contribution is 7.09. The first-order valence-electron chi connectivity index (χ1n) is 5.81. The van der Waals surface area contributed by atoms with Crippen LogP contribution in [0.3, 0.4) is 0 Å². The van der Waals surface area contributed by atoms with E-state index >= 15 is 0 Å². The van der Waals surface area contributed by atoms with Crippen molar-refractivity contribution in [3.05, 3.63) is 16.6 Å². The maximum atomic E-state index is 11.6. The summed E-state index contributed by atoms with van der Waals surface area (Å²) in [6.45, 7) is 8.71. The summed E-state index contributed by atoms with van der Waals surface area (Å²) in [6.07, 6.45) is 2.36. The Kier molecular flexibility index (Phi) is 5.08. The highest BCUT2D eigenvalue weighted by Crippen LogP contribution is 2.15. The summed E-state index contributed by atoms with van der Waals surface area (Å²) in [6, 6.07) is 0.255. The van der Waals surface area contributed by atoms with E-state index < -0.39 is 0 Å². The maximum absolute atomic E-state index is 11.6. The second kappa shape index (κ2) is 6.12. The van der Waals surface area contributed by atoms with Gasteiger partial charge in [0, 0.05) is 35.6 Å². The van der Waals surface area contributed by atoms with Crippen LogP contribution in [-0.2, 0) is 4.79 Å². The number of hydrogen-bond acceptors (Lipinski definition) is 4. The molecule has 1 unspecified atom stereocenters. The van der Waals surface area contributed by atoms with Crippen molar-refractivity contribution >= 4 is 17.2 Å². The van der Waals surface area contributed by atoms with Gasteiger partial charge in [-0.25, -0.2) is 0 Å². The minimum Gasteiger partial charge on any atom is -0.351 e. The summed E-state index contributed by atoms with van der Waals surface area (Å²) in [7, 11) is 0. The molecule has 0 aliphatic heterocycles. The van der Waals surface area contributed by atoms with Crippen molar-refractivity contribution in [1.29, 1.82) is 0 Å². The Bertz CT molecular complexity index is 343. The van der Waals surface area contributed by atoms with Crippen LogP contribution in [0.1, 0.15) is 45.0 Å². The summed E-state index contributed by atoms with van der Waals surface area (Å²) in [4.78, 5) is 16.8. The van der Waals surface area contributed by atoms with Crippen LogP contribution in [0.2, 0.25) is 0 Å². The Morgan fingerprint density at radius 2 is 2.24 bits per heavy atom. The molecule has 2 N–H and O–H groups in total. The Morgan fingerprint density at radius 1 is 1.53 bits per heavy atom. The number of amides is 1. The van der Waals surface area contributed by atoms with E-state index in [1.807, 2.05) is 32.5 Å². The molecule has 0 aliphatic carbocycles. The zero-order valence-electron chi connectivity index (χ0n) is 10.9. The molecule has 17 heavy (non-hydrogen) atoms. The van der Waals surface area contributed by atoms with Gasteiger partial charge in [-0.1, -0.05) is 0 Å². The quantitative estimate of drug-likeness (QED) is 0.847. The largest absolute Gasteiger partial charge is 0.351 e. The topological polar surface area (TPSA) is 54.0 Å². The molecule has 1 amide bonds. The molecule has 0 aromatic carbocycles. The number of carbonyl (C=O) groups is 1. The fourth-order valence-corrected chi connectivity index (χ4v) is 2.08. The van der Waals surface area contributed by atoms with E-state index in [1.54, 1.807) is 11.3 Å². The van der Waals surface area contributed by atoms with Crippen LogP contribution in [0.4, 0.5) is 0 Å². The predicted molar refractivity (Wildman–Crippen MR) is 71.0 cm³/mol. The van der Waals surface area contributed by atoms with Gasteiger partial charge >= 0.3 is 0 Å². The number of hydrogen-bond donors (Lipinski definition) is 2. The van der Waals surface area contributed by atoms with E-state index in [0.29, 0.717) is 13.0 Å². The second-order valence-corrected chi connectivity index (χ2v) is 6.05. The lowest BCUT2D eigenvalue weighted by molar-refractivity contribution is -0.122. The van der Waals surface area contributed by atoms with Crippen molar-refractivity contribution in [3.63, 3.8) is 0 Å². The van der Waals surface area contributed by atoms with Gasteiger partial charge in [-0.05, 0) is 27.7 Å². The van der Waals surface area contributed by atoms with Crippen LogP contribution in [0.5, 0.6) is 0 Å². The van der Waals surface area contributed by atoms with E-state index in [-0.39, 0.29) is 17.5 Å². The predicted octanol–water partition coefficient (Wildman–Crippen LogP) is 2.10. The van der Waals surface area contributed by atoms with Crippen molar-refractivity contribution in [1.82, 2.24) is 15.6 Å². The number of thiazole rings is 1. The van der Waals surface area contributed by atoms with Gasteiger partial charge in [0.25, 0.3) is 0 Å². The zero-order chi connectivity index (χ0) is 12.9. The van der Waals surface area contributed by atoms with Crippen molar-refractivity contribution in [3.8, 4) is 0 Å². The van der Waals surface area contributed by atoms with Crippen molar-refractivity contribution < 1.29 is 4.79 Å². The summed E-state index contributed by atoms with van der Waals surface area (Å²) in [5.41, 5.74) is 1.67. The molecule has 1 aromatic heterocycles. The SMILES string of the molecule is CC(NCCC(=O)NC(C)(C)C)c1cncs1. The lowest BCUT2D eigenvalue weighted by Gasteiger charge is -2.20. The van der Waals surface area contributed by atoms with E-state index in [4.69, 9.17) is 0 Å². The summed E-state index contributed by atoms with van der Waals surface area (Å²) < 4.78 is 0. The molecular weight excluding hydrogens is 234 g/mol. The standard InChI is InChI=1S/C12H21N3OS/c1-9(10-7-13-8-17-10)14-6-5-11(16)15-12(2,3)4/h7-9,14H,5-6H2,1-4H3,(H,15,16). The van der Waals surface area contributed by atoms with E-state index in [2.05, 4.69) is 22.5 Å². The molecule has 0 saturated carbocycles. The molecule has 0 spiro atoms. The third kappa shape index (κ3) is 5.79. The monoisotopic (exact) mass is 255 g/mol. The molecule has 0 fully saturated rings. The van der Waals surface area contributed by atoms with E-state index in [9.17, 15) is 4.79 Å². The highest BCUT2D eigenvalue weighted by atomic mass is 32.1. The molecule has 0 saturated heterocycles. The van der Waals surface area contributed by atoms with Gasteiger partial charge in [0.1, 0.15) is 0 Å². The smallest absolute Gasteiger partial charge is 0.221 e. The number of rotatable bonds is 5. The van der Waals surface area contributed by atoms with Crippen molar-refractivity contribution in [2.75, 3.05) is 6.54 Å². The van der Waals surface area contributed by atoms with Crippen molar-refractivity contribution in [2.24, 2.45) is 0 Å². The molecular formula is C12H21N3OS. The average Bonchev–Trinajstić information content (AvgIpc) is 2.66. The van der Waals surface area contributed by atoms with Gasteiger partial charge < -0.3 is 10.6 Å². The Labute approximate surface area is 107 Å². The van der Waals surface area contributed by atoms with Crippen LogP contribution in [0, 0.1) is 0 Å². The first-order chi connectivity index (χ1) is 7.88. The van der Waals surface area contributed by atoms with Crippen LogP contribution in [-0.4, -0.2) is 23.0 Å². The third-order valence-electron chi connectivity index (χ3n) is 2.20. The van der Waals surface area contributed by atoms with Gasteiger partial charge in [-0.2, -0.15) is 0 Å². The molecule has 0 bridgehead atoms. The van der Waals surface area contributed by atoms with Gasteiger partial charge in [-0.3, -0.25) is 9.78 Å². The second-order valence-electron chi connectivity index (χ2n) is 5.13. The Balaban J connectivity index is 2.22. The highest BCUT2D eigenvalue weighted by Gasteiger charge is 2.13. The van der Waals surface area contributed by atoms with Gasteiger partial charge in [0.2, 0.25) is 5.91 Å². The molecule has 1 rings (SSSR count). The normalized spacial score (nSPS) is 13.4. The molecule has 0 aliphatic rings.